The Hall–Kier alpha value is -2.45. The molecule has 2 aliphatic carbocycles. The van der Waals surface area contributed by atoms with E-state index >= 15 is 0 Å². The van der Waals surface area contributed by atoms with Gasteiger partial charge in [-0.25, -0.2) is 13.8 Å². The van der Waals surface area contributed by atoms with Crippen molar-refractivity contribution in [2.75, 3.05) is 6.54 Å². The number of nitrogens with one attached hydrogen (secondary N) is 1. The zero-order valence-corrected chi connectivity index (χ0v) is 16.8. The molecular weight excluding hydrogens is 437 g/mol. The zero-order valence-electron chi connectivity index (χ0n) is 16.0. The summed E-state index contributed by atoms with van der Waals surface area (Å²) in [5.74, 6) is -1.67. The molecule has 0 aliphatic heterocycles. The minimum Gasteiger partial charge on any atom is -0.323 e. The molecule has 9 heteroatoms. The summed E-state index contributed by atoms with van der Waals surface area (Å²) >= 11 is 5.79. The lowest BCUT2D eigenvalue weighted by Crippen LogP contribution is -2.35. The highest BCUT2D eigenvalue weighted by Crippen LogP contribution is 2.56. The quantitative estimate of drug-likeness (QED) is 0.380. The van der Waals surface area contributed by atoms with Crippen LogP contribution in [-0.4, -0.2) is 22.3 Å². The van der Waals surface area contributed by atoms with Crippen LogP contribution >= 0.6 is 11.6 Å². The third kappa shape index (κ3) is 3.72. The van der Waals surface area contributed by atoms with E-state index in [1.165, 1.54) is 24.3 Å². The predicted octanol–water partition coefficient (Wildman–Crippen LogP) is 5.98. The molecule has 0 radical (unpaired) electrons. The molecule has 1 aromatic heterocycles. The summed E-state index contributed by atoms with van der Waals surface area (Å²) in [4.78, 5) is 4.13. The summed E-state index contributed by atoms with van der Waals surface area (Å²) in [5.41, 5.74) is 2.08. The maximum absolute atomic E-state index is 13.6. The standard InChI is InChI=1S/C22H17ClF5N3/c23-12-3-1-11(2-4-12)21(22(26,27)28)29-9-16-14-5-13(6-15(14)16)31-10-30-19-7-17(24)18(25)8-20(19)31/h1-5,7-8,10,13,15-16,21,29H,6,9H2/t13-,15+,16+,21?/m1/s1. The van der Waals surface area contributed by atoms with Crippen molar-refractivity contribution in [1.29, 1.82) is 0 Å². The van der Waals surface area contributed by atoms with E-state index < -0.39 is 23.9 Å². The van der Waals surface area contributed by atoms with E-state index in [-0.39, 0.29) is 30.0 Å². The molecule has 31 heavy (non-hydrogen) atoms. The fraction of sp³-hybridized carbons (Fsp3) is 0.318. The number of rotatable bonds is 5. The van der Waals surface area contributed by atoms with Crippen molar-refractivity contribution in [3.63, 3.8) is 0 Å². The Kier molecular flexibility index (Phi) is 4.82. The first-order valence-electron chi connectivity index (χ1n) is 9.81. The van der Waals surface area contributed by atoms with Gasteiger partial charge in [-0.15, -0.1) is 0 Å². The number of aromatic nitrogens is 2. The highest BCUT2D eigenvalue weighted by molar-refractivity contribution is 6.30. The Labute approximate surface area is 179 Å². The van der Waals surface area contributed by atoms with Crippen LogP contribution < -0.4 is 5.32 Å². The van der Waals surface area contributed by atoms with Gasteiger partial charge in [0.15, 0.2) is 11.6 Å². The van der Waals surface area contributed by atoms with Crippen LogP contribution in [0.3, 0.4) is 0 Å². The number of hydrogen-bond donors (Lipinski definition) is 1. The number of nitrogens with zero attached hydrogens (tertiary/aromatic N) is 2. The molecule has 2 aromatic carbocycles. The van der Waals surface area contributed by atoms with E-state index in [0.29, 0.717) is 22.5 Å². The minimum absolute atomic E-state index is 0.0392. The van der Waals surface area contributed by atoms with Gasteiger partial charge in [0.25, 0.3) is 0 Å². The second-order valence-corrected chi connectivity index (χ2v) is 8.46. The van der Waals surface area contributed by atoms with Crippen LogP contribution in [0, 0.1) is 23.5 Å². The fourth-order valence-electron chi connectivity index (χ4n) is 4.57. The van der Waals surface area contributed by atoms with Crippen molar-refractivity contribution in [1.82, 2.24) is 14.9 Å². The second-order valence-electron chi connectivity index (χ2n) is 8.02. The number of benzene rings is 2. The van der Waals surface area contributed by atoms with E-state index in [1.54, 1.807) is 10.9 Å². The van der Waals surface area contributed by atoms with Gasteiger partial charge in [-0.05, 0) is 36.0 Å². The molecular formula is C22H17ClF5N3. The van der Waals surface area contributed by atoms with Gasteiger partial charge < -0.3 is 9.88 Å². The monoisotopic (exact) mass is 453 g/mol. The van der Waals surface area contributed by atoms with E-state index in [9.17, 15) is 22.0 Å². The van der Waals surface area contributed by atoms with Gasteiger partial charge >= 0.3 is 6.18 Å². The Morgan fingerprint density at radius 1 is 1.13 bits per heavy atom. The molecule has 0 amide bonds. The second kappa shape index (κ2) is 7.31. The van der Waals surface area contributed by atoms with E-state index in [2.05, 4.69) is 10.3 Å². The zero-order chi connectivity index (χ0) is 21.9. The molecule has 1 saturated carbocycles. The van der Waals surface area contributed by atoms with Crippen LogP contribution in [0.1, 0.15) is 24.1 Å². The number of imidazole rings is 1. The summed E-state index contributed by atoms with van der Waals surface area (Å²) in [7, 11) is 0. The maximum Gasteiger partial charge on any atom is 0.407 e. The molecule has 4 atom stereocenters. The molecule has 1 fully saturated rings. The molecule has 0 bridgehead atoms. The average Bonchev–Trinajstić information content (AvgIpc) is 3.04. The lowest BCUT2D eigenvalue weighted by molar-refractivity contribution is -0.157. The van der Waals surface area contributed by atoms with Gasteiger partial charge in [-0.1, -0.05) is 35.4 Å². The Morgan fingerprint density at radius 2 is 1.84 bits per heavy atom. The molecule has 2 aliphatic rings. The smallest absolute Gasteiger partial charge is 0.323 e. The number of alkyl halides is 3. The molecule has 1 heterocycles. The number of allylic oxidation sites excluding steroid dienone is 1. The molecule has 162 valence electrons. The number of hydrogen-bond acceptors (Lipinski definition) is 2. The molecule has 3 nitrogen and oxygen atoms in total. The van der Waals surface area contributed by atoms with Crippen LogP contribution in [0.15, 0.2) is 54.4 Å². The van der Waals surface area contributed by atoms with Gasteiger partial charge in [-0.2, -0.15) is 13.2 Å². The van der Waals surface area contributed by atoms with Gasteiger partial charge in [0.1, 0.15) is 6.04 Å². The van der Waals surface area contributed by atoms with E-state index in [0.717, 1.165) is 17.7 Å². The van der Waals surface area contributed by atoms with Gasteiger partial charge in [0.2, 0.25) is 0 Å². The SMILES string of the molecule is Fc1cc2ncn([C@@H]3C=C4[C@H](CNC(c5ccc(Cl)cc5)C(F)(F)F)[C@H]4C3)c2cc1F. The van der Waals surface area contributed by atoms with Crippen LogP contribution in [0.25, 0.3) is 11.0 Å². The largest absolute Gasteiger partial charge is 0.407 e. The summed E-state index contributed by atoms with van der Waals surface area (Å²) in [6, 6.07) is 5.99. The van der Waals surface area contributed by atoms with Crippen molar-refractivity contribution >= 4 is 22.6 Å². The minimum atomic E-state index is -4.43. The first-order chi connectivity index (χ1) is 14.7. The Bertz CT molecular complexity index is 1170. The lowest BCUT2D eigenvalue weighted by Gasteiger charge is -2.22. The predicted molar refractivity (Wildman–Crippen MR) is 107 cm³/mol. The third-order valence-corrected chi connectivity index (χ3v) is 6.41. The number of fused-ring (bicyclic) bond motifs is 2. The molecule has 0 saturated heterocycles. The highest BCUT2D eigenvalue weighted by Gasteiger charge is 2.50. The summed E-state index contributed by atoms with van der Waals surface area (Å²) in [5, 5.41) is 3.04. The first-order valence-corrected chi connectivity index (χ1v) is 10.2. The number of halogens is 6. The van der Waals surface area contributed by atoms with Crippen LogP contribution in [-0.2, 0) is 0 Å². The van der Waals surface area contributed by atoms with Crippen molar-refractivity contribution in [2.24, 2.45) is 11.8 Å². The van der Waals surface area contributed by atoms with Crippen LogP contribution in [0.5, 0.6) is 0 Å². The molecule has 3 aromatic rings. The van der Waals surface area contributed by atoms with Crippen molar-refractivity contribution in [3.8, 4) is 0 Å². The maximum atomic E-state index is 13.6. The summed E-state index contributed by atoms with van der Waals surface area (Å²) in [6.45, 7) is 0.209. The molecule has 1 N–H and O–H groups in total. The first kappa shape index (κ1) is 20.5. The van der Waals surface area contributed by atoms with Gasteiger partial charge in [0.05, 0.1) is 23.4 Å². The Balaban J connectivity index is 1.29. The third-order valence-electron chi connectivity index (χ3n) is 6.16. The van der Waals surface area contributed by atoms with E-state index in [1.807, 2.05) is 6.08 Å². The van der Waals surface area contributed by atoms with Crippen molar-refractivity contribution < 1.29 is 22.0 Å². The Morgan fingerprint density at radius 3 is 2.48 bits per heavy atom. The highest BCUT2D eigenvalue weighted by atomic mass is 35.5. The van der Waals surface area contributed by atoms with Crippen molar-refractivity contribution in [2.45, 2.75) is 24.7 Å². The molecule has 1 unspecified atom stereocenters. The molecule has 0 spiro atoms. The fourth-order valence-corrected chi connectivity index (χ4v) is 4.69. The normalized spacial score (nSPS) is 23.7. The van der Waals surface area contributed by atoms with Crippen LogP contribution in [0.4, 0.5) is 22.0 Å². The van der Waals surface area contributed by atoms with Gasteiger partial charge in [-0.3, -0.25) is 0 Å². The lowest BCUT2D eigenvalue weighted by atomic mass is 10.1. The van der Waals surface area contributed by atoms with Crippen molar-refractivity contribution in [3.05, 3.63) is 76.6 Å². The van der Waals surface area contributed by atoms with Crippen LogP contribution in [0.2, 0.25) is 5.02 Å². The average molecular weight is 454 g/mol. The summed E-state index contributed by atoms with van der Waals surface area (Å²) in [6.07, 6.45) is -0.179. The van der Waals surface area contributed by atoms with Gasteiger partial charge in [0, 0.05) is 23.7 Å². The van der Waals surface area contributed by atoms with E-state index in [4.69, 9.17) is 11.6 Å². The topological polar surface area (TPSA) is 29.9 Å². The molecule has 5 rings (SSSR count). The summed E-state index contributed by atoms with van der Waals surface area (Å²) < 4.78 is 69.5.